The minimum Gasteiger partial charge on any atom is -0.491 e. The van der Waals surface area contributed by atoms with Crippen LogP contribution in [0.5, 0.6) is 5.75 Å². The highest BCUT2D eigenvalue weighted by molar-refractivity contribution is 8.45. The van der Waals surface area contributed by atoms with E-state index < -0.39 is 27.1 Å². The molecule has 1 aliphatic rings. The van der Waals surface area contributed by atoms with Crippen molar-refractivity contribution >= 4 is 38.5 Å². The van der Waals surface area contributed by atoms with Crippen molar-refractivity contribution in [2.45, 2.75) is 10.9 Å². The first-order chi connectivity index (χ1) is 15.2. The van der Waals surface area contributed by atoms with Crippen molar-refractivity contribution < 1.29 is 29.0 Å². The van der Waals surface area contributed by atoms with Crippen LogP contribution in [0.4, 0.5) is 25.2 Å². The molecule has 13 heteroatoms. The molecule has 0 radical (unpaired) electrons. The van der Waals surface area contributed by atoms with Crippen molar-refractivity contribution in [2.75, 3.05) is 19.4 Å². The number of nitrogens with zero attached hydrogens (tertiary/aromatic N) is 4. The lowest BCUT2D eigenvalue weighted by Gasteiger charge is -2.40. The summed E-state index contributed by atoms with van der Waals surface area (Å²) >= 11 is 0. The van der Waals surface area contributed by atoms with Crippen LogP contribution in [0.25, 0.3) is 16.6 Å². The molecule has 0 spiro atoms. The number of amides is 1. The molecular weight excluding hydrogens is 469 g/mol. The highest BCUT2D eigenvalue weighted by Gasteiger charge is 2.65. The van der Waals surface area contributed by atoms with E-state index in [9.17, 15) is 24.2 Å². The molecule has 0 saturated carbocycles. The Morgan fingerprint density at radius 2 is 1.91 bits per heavy atom. The van der Waals surface area contributed by atoms with Gasteiger partial charge in [0.15, 0.2) is 0 Å². The number of fused-ring (bicyclic) bond motifs is 4. The summed E-state index contributed by atoms with van der Waals surface area (Å²) in [7, 11) is -8.38. The highest BCUT2D eigenvalue weighted by Crippen LogP contribution is 3.02. The predicted octanol–water partition coefficient (Wildman–Crippen LogP) is 5.33. The number of likely N-dealkylation sites (N-methyl/N-ethyl adjacent to an activating group) is 1. The van der Waals surface area contributed by atoms with Crippen LogP contribution in [-0.2, 0) is 0 Å². The summed E-state index contributed by atoms with van der Waals surface area (Å²) in [6.45, 7) is -0.168. The third-order valence-electron chi connectivity index (χ3n) is 5.60. The van der Waals surface area contributed by atoms with Crippen molar-refractivity contribution in [1.29, 1.82) is 0 Å². The molecule has 0 bridgehead atoms. The number of halogens is 5. The van der Waals surface area contributed by atoms with Crippen LogP contribution in [0.1, 0.15) is 22.0 Å². The van der Waals surface area contributed by atoms with Crippen molar-refractivity contribution in [3.63, 3.8) is 0 Å². The fourth-order valence-corrected chi connectivity index (χ4v) is 4.54. The summed E-state index contributed by atoms with van der Waals surface area (Å²) in [6, 6.07) is 5.54. The van der Waals surface area contributed by atoms with Crippen LogP contribution in [0.3, 0.4) is 0 Å². The van der Waals surface area contributed by atoms with Gasteiger partial charge in [-0.25, -0.2) is 9.97 Å². The first-order valence-electron chi connectivity index (χ1n) is 9.52. The van der Waals surface area contributed by atoms with E-state index in [1.165, 1.54) is 24.5 Å². The molecular formula is C20H16F5N5O2S. The number of rotatable bonds is 3. The molecule has 1 amide bonds. The Morgan fingerprint density at radius 1 is 1.15 bits per heavy atom. The molecule has 4 aromatic rings. The summed E-state index contributed by atoms with van der Waals surface area (Å²) in [5, 5.41) is 0. The summed E-state index contributed by atoms with van der Waals surface area (Å²) < 4.78 is 72.5. The van der Waals surface area contributed by atoms with Crippen LogP contribution < -0.4 is 10.5 Å². The van der Waals surface area contributed by atoms with E-state index in [0.717, 1.165) is 6.07 Å². The topological polar surface area (TPSA) is 85.8 Å². The van der Waals surface area contributed by atoms with Gasteiger partial charge >= 0.3 is 10.2 Å². The van der Waals surface area contributed by atoms with Crippen molar-refractivity contribution in [1.82, 2.24) is 19.3 Å². The first kappa shape index (κ1) is 21.2. The monoisotopic (exact) mass is 485 g/mol. The number of carbonyl (C=O) groups is 1. The predicted molar refractivity (Wildman–Crippen MR) is 113 cm³/mol. The van der Waals surface area contributed by atoms with E-state index >= 15 is 0 Å². The molecule has 0 saturated heterocycles. The largest absolute Gasteiger partial charge is 0.491 e. The molecule has 33 heavy (non-hydrogen) atoms. The van der Waals surface area contributed by atoms with Crippen LogP contribution in [0.2, 0.25) is 0 Å². The average Bonchev–Trinajstić information content (AvgIpc) is 3.38. The van der Waals surface area contributed by atoms with Gasteiger partial charge in [0, 0.05) is 24.2 Å². The van der Waals surface area contributed by atoms with E-state index in [1.807, 2.05) is 0 Å². The number of imidazole rings is 1. The zero-order valence-corrected chi connectivity index (χ0v) is 17.7. The smallest absolute Gasteiger partial charge is 0.310 e. The molecule has 7 nitrogen and oxygen atoms in total. The van der Waals surface area contributed by atoms with Crippen molar-refractivity contribution in [3.05, 3.63) is 60.0 Å². The number of benzene rings is 2. The number of hydrogen-bond donors (Lipinski definition) is 1. The maximum Gasteiger partial charge on any atom is 0.310 e. The lowest BCUT2D eigenvalue weighted by atomic mass is 10.1. The second-order valence-electron chi connectivity index (χ2n) is 7.76. The molecule has 0 aliphatic carbocycles. The number of carbonyl (C=O) groups excluding carboxylic acids is 1. The lowest BCUT2D eigenvalue weighted by molar-refractivity contribution is 0.0708. The Kier molecular flexibility index (Phi) is 3.89. The van der Waals surface area contributed by atoms with Gasteiger partial charge in [-0.15, -0.1) is 0 Å². The average molecular weight is 485 g/mol. The molecule has 1 atom stereocenters. The van der Waals surface area contributed by atoms with Crippen LogP contribution in [-0.4, -0.2) is 38.8 Å². The number of aromatic nitrogens is 3. The fourth-order valence-electron chi connectivity index (χ4n) is 3.89. The normalized spacial score (nSPS) is 17.9. The van der Waals surface area contributed by atoms with Gasteiger partial charge in [0.2, 0.25) is 0 Å². The van der Waals surface area contributed by atoms with E-state index in [4.69, 9.17) is 10.5 Å². The second kappa shape index (κ2) is 6.04. The molecule has 0 fully saturated rings. The van der Waals surface area contributed by atoms with E-state index in [2.05, 4.69) is 9.97 Å². The van der Waals surface area contributed by atoms with E-state index in [-0.39, 0.29) is 35.4 Å². The maximum atomic E-state index is 13.2. The summed E-state index contributed by atoms with van der Waals surface area (Å²) in [6.07, 6.45) is 3.07. The Balaban J connectivity index is 1.49. The van der Waals surface area contributed by atoms with E-state index in [1.54, 1.807) is 22.6 Å². The molecule has 5 rings (SSSR count). The van der Waals surface area contributed by atoms with Crippen molar-refractivity contribution in [2.24, 2.45) is 0 Å². The highest BCUT2D eigenvalue weighted by atomic mass is 32.5. The molecule has 2 aromatic carbocycles. The van der Waals surface area contributed by atoms with Crippen LogP contribution in [0.15, 0.2) is 53.8 Å². The molecule has 0 unspecified atom stereocenters. The van der Waals surface area contributed by atoms with Gasteiger partial charge in [-0.3, -0.25) is 9.20 Å². The van der Waals surface area contributed by atoms with Gasteiger partial charge in [0.1, 0.15) is 28.6 Å². The SMILES string of the molecule is CN(C(=O)c1ccc2nc(N)c3cncn3c2c1)[C@@H]1COc2cc(S(F)(F)(F)(F)F)ccc21. The quantitative estimate of drug-likeness (QED) is 0.397. The zero-order chi connectivity index (χ0) is 23.8. The Bertz CT molecular complexity index is 1470. The third kappa shape index (κ3) is 3.48. The standard InChI is InChI=1S/C20H16F5N5O2S/c1-29(17-9-32-18-7-12(3-4-13(17)18)33(21,22,23,24)25)20(31)11-2-5-14-15(6-11)30-10-27-8-16(30)19(26)28-14/h2-8,10,17H,9H2,1H3,(H2,26,28)/t17-/m1/s1. The Morgan fingerprint density at radius 3 is 2.64 bits per heavy atom. The number of ether oxygens (including phenoxy) is 1. The summed E-state index contributed by atoms with van der Waals surface area (Å²) in [5.41, 5.74) is 8.10. The number of hydrogen-bond acceptors (Lipinski definition) is 5. The van der Waals surface area contributed by atoms with Crippen LogP contribution >= 0.6 is 10.2 Å². The molecule has 2 aromatic heterocycles. The number of nitrogens with two attached hydrogens (primary N) is 1. The van der Waals surface area contributed by atoms with Gasteiger partial charge in [-0.05, 0) is 24.3 Å². The van der Waals surface area contributed by atoms with Gasteiger partial charge in [0.05, 0.1) is 29.6 Å². The van der Waals surface area contributed by atoms with Crippen LogP contribution in [0, 0.1) is 0 Å². The number of anilines is 1. The van der Waals surface area contributed by atoms with E-state index in [0.29, 0.717) is 22.6 Å². The summed E-state index contributed by atoms with van der Waals surface area (Å²) in [4.78, 5) is 20.8. The molecule has 2 N–H and O–H groups in total. The minimum absolute atomic E-state index is 0.168. The number of nitrogen functional groups attached to an aromatic ring is 1. The molecule has 174 valence electrons. The lowest BCUT2D eigenvalue weighted by Crippen LogP contribution is -2.32. The van der Waals surface area contributed by atoms with Gasteiger partial charge in [0.25, 0.3) is 5.91 Å². The molecule has 1 aliphatic heterocycles. The van der Waals surface area contributed by atoms with Gasteiger partial charge < -0.3 is 15.4 Å². The first-order valence-corrected chi connectivity index (χ1v) is 11.5. The Labute approximate surface area is 183 Å². The third-order valence-corrected chi connectivity index (χ3v) is 6.74. The van der Waals surface area contributed by atoms with Gasteiger partial charge in [-0.2, -0.15) is 0 Å². The minimum atomic E-state index is -9.84. The summed E-state index contributed by atoms with van der Waals surface area (Å²) in [5.74, 6) is -0.495. The Hall–Kier alpha value is -3.61. The van der Waals surface area contributed by atoms with Gasteiger partial charge in [-0.1, -0.05) is 25.5 Å². The second-order valence-corrected chi connectivity index (χ2v) is 10.2. The zero-order valence-electron chi connectivity index (χ0n) is 16.9. The fraction of sp³-hybridized carbons (Fsp3) is 0.150. The maximum absolute atomic E-state index is 13.2. The van der Waals surface area contributed by atoms with Crippen molar-refractivity contribution in [3.8, 4) is 5.75 Å². The molecule has 3 heterocycles.